The van der Waals surface area contributed by atoms with Crippen LogP contribution in [0.1, 0.15) is 52.6 Å². The van der Waals surface area contributed by atoms with E-state index < -0.39 is 0 Å². The highest BCUT2D eigenvalue weighted by atomic mass is 16.5. The molecule has 6 nitrogen and oxygen atoms in total. The largest absolute Gasteiger partial charge is 0.356 e. The van der Waals surface area contributed by atoms with Crippen molar-refractivity contribution in [3.05, 3.63) is 53.0 Å². The van der Waals surface area contributed by atoms with Crippen molar-refractivity contribution < 1.29 is 9.32 Å². The lowest BCUT2D eigenvalue weighted by Crippen LogP contribution is -2.41. The molecule has 2 aromatic heterocycles. The molecule has 0 saturated carbocycles. The number of aryl methyl sites for hydroxylation is 1. The molecule has 6 heteroatoms. The Bertz CT molecular complexity index is 1060. The monoisotopic (exact) mass is 406 g/mol. The second-order valence-corrected chi connectivity index (χ2v) is 8.78. The number of likely N-dealkylation sites (tertiary alicyclic amines) is 1. The van der Waals surface area contributed by atoms with Gasteiger partial charge in [0.1, 0.15) is 0 Å². The molecule has 30 heavy (non-hydrogen) atoms. The number of aromatic nitrogens is 2. The number of para-hydroxylation sites is 1. The minimum Gasteiger partial charge on any atom is -0.356 e. The standard InChI is InChI=1S/C24H30N4O2/c1-17-16-20-21(26(17)2)7-5-11-28(24(20)29)15-14-27-12-9-18(10-13-27)23-19-6-3-4-8-22(19)30-25-23/h3-4,6,8,16,18H,5,7,9-15H2,1-2H3. The molecule has 0 radical (unpaired) electrons. The van der Waals surface area contributed by atoms with Gasteiger partial charge in [-0.3, -0.25) is 4.79 Å². The quantitative estimate of drug-likeness (QED) is 0.662. The summed E-state index contributed by atoms with van der Waals surface area (Å²) < 4.78 is 7.68. The Balaban J connectivity index is 1.19. The van der Waals surface area contributed by atoms with Gasteiger partial charge in [-0.1, -0.05) is 17.3 Å². The average Bonchev–Trinajstić information content (AvgIpc) is 3.27. The average molecular weight is 407 g/mol. The molecule has 1 aromatic carbocycles. The Morgan fingerprint density at radius 3 is 2.77 bits per heavy atom. The van der Waals surface area contributed by atoms with E-state index in [1.807, 2.05) is 12.1 Å². The highest BCUT2D eigenvalue weighted by Crippen LogP contribution is 2.32. The predicted molar refractivity (Wildman–Crippen MR) is 117 cm³/mol. The number of amides is 1. The van der Waals surface area contributed by atoms with Crippen LogP contribution in [-0.2, 0) is 13.5 Å². The zero-order valence-corrected chi connectivity index (χ0v) is 17.9. The van der Waals surface area contributed by atoms with Gasteiger partial charge in [-0.25, -0.2) is 0 Å². The summed E-state index contributed by atoms with van der Waals surface area (Å²) in [5, 5.41) is 5.52. The molecule has 0 N–H and O–H groups in total. The van der Waals surface area contributed by atoms with E-state index in [1.54, 1.807) is 0 Å². The van der Waals surface area contributed by atoms with Crippen LogP contribution >= 0.6 is 0 Å². The van der Waals surface area contributed by atoms with Crippen LogP contribution in [0.2, 0.25) is 0 Å². The summed E-state index contributed by atoms with van der Waals surface area (Å²) in [5.41, 5.74) is 5.26. The third-order valence-corrected chi connectivity index (χ3v) is 7.02. The van der Waals surface area contributed by atoms with E-state index in [1.165, 1.54) is 5.69 Å². The summed E-state index contributed by atoms with van der Waals surface area (Å²) in [7, 11) is 2.07. The zero-order valence-electron chi connectivity index (χ0n) is 17.9. The summed E-state index contributed by atoms with van der Waals surface area (Å²) in [6, 6.07) is 10.2. The van der Waals surface area contributed by atoms with Crippen molar-refractivity contribution >= 4 is 16.9 Å². The van der Waals surface area contributed by atoms with E-state index in [0.717, 1.165) is 86.3 Å². The Morgan fingerprint density at radius 1 is 1.13 bits per heavy atom. The second kappa shape index (κ2) is 7.91. The van der Waals surface area contributed by atoms with Gasteiger partial charge in [0, 0.05) is 49.4 Å². The van der Waals surface area contributed by atoms with Gasteiger partial charge in [-0.15, -0.1) is 0 Å². The van der Waals surface area contributed by atoms with Gasteiger partial charge in [0.2, 0.25) is 0 Å². The molecule has 0 spiro atoms. The smallest absolute Gasteiger partial charge is 0.255 e. The highest BCUT2D eigenvalue weighted by molar-refractivity contribution is 5.96. The molecule has 2 aliphatic heterocycles. The summed E-state index contributed by atoms with van der Waals surface area (Å²) in [4.78, 5) is 17.6. The van der Waals surface area contributed by atoms with E-state index in [2.05, 4.69) is 51.7 Å². The van der Waals surface area contributed by atoms with Crippen molar-refractivity contribution in [3.63, 3.8) is 0 Å². The van der Waals surface area contributed by atoms with Gasteiger partial charge in [-0.2, -0.15) is 0 Å². The maximum absolute atomic E-state index is 13.1. The minimum atomic E-state index is 0.204. The van der Waals surface area contributed by atoms with Gasteiger partial charge in [-0.05, 0) is 63.9 Å². The first kappa shape index (κ1) is 19.4. The van der Waals surface area contributed by atoms with Gasteiger partial charge < -0.3 is 18.9 Å². The van der Waals surface area contributed by atoms with Crippen LogP contribution < -0.4 is 0 Å². The fraction of sp³-hybridized carbons (Fsp3) is 0.500. The molecule has 0 unspecified atom stereocenters. The normalized spacial score (nSPS) is 18.7. The Kier molecular flexibility index (Phi) is 5.11. The summed E-state index contributed by atoms with van der Waals surface area (Å²) in [5.74, 6) is 0.662. The number of fused-ring (bicyclic) bond motifs is 2. The Labute approximate surface area is 177 Å². The zero-order chi connectivity index (χ0) is 20.7. The molecule has 1 amide bonds. The molecule has 3 aromatic rings. The second-order valence-electron chi connectivity index (χ2n) is 8.78. The fourth-order valence-corrected chi connectivity index (χ4v) is 5.08. The number of hydrogen-bond acceptors (Lipinski definition) is 4. The lowest BCUT2D eigenvalue weighted by atomic mass is 9.91. The Morgan fingerprint density at radius 2 is 1.93 bits per heavy atom. The summed E-state index contributed by atoms with van der Waals surface area (Å²) >= 11 is 0. The minimum absolute atomic E-state index is 0.204. The summed E-state index contributed by atoms with van der Waals surface area (Å²) in [6.45, 7) is 6.78. The SMILES string of the molecule is Cc1cc2c(n1C)CCCN(CCN1CCC(c3noc4ccccc34)CC1)C2=O. The fourth-order valence-electron chi connectivity index (χ4n) is 5.08. The van der Waals surface area contributed by atoms with Crippen LogP contribution in [0, 0.1) is 6.92 Å². The van der Waals surface area contributed by atoms with Gasteiger partial charge >= 0.3 is 0 Å². The molecule has 158 valence electrons. The van der Waals surface area contributed by atoms with Crippen LogP contribution in [0.15, 0.2) is 34.9 Å². The van der Waals surface area contributed by atoms with Crippen LogP contribution in [0.5, 0.6) is 0 Å². The lowest BCUT2D eigenvalue weighted by molar-refractivity contribution is 0.0732. The molecule has 1 saturated heterocycles. The molecule has 0 bridgehead atoms. The van der Waals surface area contributed by atoms with Gasteiger partial charge in [0.15, 0.2) is 5.58 Å². The van der Waals surface area contributed by atoms with Gasteiger partial charge in [0.25, 0.3) is 5.91 Å². The van der Waals surface area contributed by atoms with E-state index in [-0.39, 0.29) is 5.91 Å². The van der Waals surface area contributed by atoms with Crippen LogP contribution in [0.4, 0.5) is 0 Å². The highest BCUT2D eigenvalue weighted by Gasteiger charge is 2.28. The van der Waals surface area contributed by atoms with E-state index in [0.29, 0.717) is 5.92 Å². The van der Waals surface area contributed by atoms with Crippen molar-refractivity contribution in [1.82, 2.24) is 19.5 Å². The van der Waals surface area contributed by atoms with Crippen LogP contribution in [0.25, 0.3) is 11.0 Å². The third kappa shape index (κ3) is 3.43. The molecular weight excluding hydrogens is 376 g/mol. The number of benzene rings is 1. The van der Waals surface area contributed by atoms with Crippen molar-refractivity contribution in [1.29, 1.82) is 0 Å². The van der Waals surface area contributed by atoms with Crippen molar-refractivity contribution in [2.45, 2.75) is 38.5 Å². The molecule has 2 aliphatic rings. The number of nitrogens with zero attached hydrogens (tertiary/aromatic N) is 4. The van der Waals surface area contributed by atoms with Crippen molar-refractivity contribution in [3.8, 4) is 0 Å². The maximum atomic E-state index is 13.1. The first-order chi connectivity index (χ1) is 14.6. The summed E-state index contributed by atoms with van der Waals surface area (Å²) in [6.07, 6.45) is 4.20. The number of rotatable bonds is 4. The van der Waals surface area contributed by atoms with Crippen LogP contribution in [0.3, 0.4) is 0 Å². The molecule has 1 fully saturated rings. The Hall–Kier alpha value is -2.60. The molecule has 4 heterocycles. The first-order valence-electron chi connectivity index (χ1n) is 11.1. The number of carbonyl (C=O) groups is 1. The van der Waals surface area contributed by atoms with Crippen molar-refractivity contribution in [2.75, 3.05) is 32.7 Å². The lowest BCUT2D eigenvalue weighted by Gasteiger charge is -2.32. The topological polar surface area (TPSA) is 54.5 Å². The van der Waals surface area contributed by atoms with E-state index in [4.69, 9.17) is 4.52 Å². The number of piperidine rings is 1. The molecule has 0 atom stereocenters. The number of carbonyl (C=O) groups excluding carboxylic acids is 1. The van der Waals surface area contributed by atoms with Crippen molar-refractivity contribution in [2.24, 2.45) is 7.05 Å². The molecular formula is C24H30N4O2. The number of hydrogen-bond donors (Lipinski definition) is 0. The molecule has 0 aliphatic carbocycles. The van der Waals surface area contributed by atoms with Gasteiger partial charge in [0.05, 0.1) is 11.3 Å². The maximum Gasteiger partial charge on any atom is 0.255 e. The van der Waals surface area contributed by atoms with E-state index in [9.17, 15) is 4.79 Å². The van der Waals surface area contributed by atoms with E-state index >= 15 is 0 Å². The predicted octanol–water partition coefficient (Wildman–Crippen LogP) is 3.74. The van der Waals surface area contributed by atoms with Crippen LogP contribution in [-0.4, -0.2) is 58.2 Å². The third-order valence-electron chi connectivity index (χ3n) is 7.02. The first-order valence-corrected chi connectivity index (χ1v) is 11.1. The molecule has 5 rings (SSSR count).